The van der Waals surface area contributed by atoms with E-state index in [9.17, 15) is 5.11 Å². The van der Waals surface area contributed by atoms with E-state index in [2.05, 4.69) is 37.9 Å². The van der Waals surface area contributed by atoms with E-state index in [0.717, 1.165) is 17.8 Å². The highest BCUT2D eigenvalue weighted by Gasteiger charge is 2.11. The van der Waals surface area contributed by atoms with Crippen LogP contribution in [0.3, 0.4) is 0 Å². The van der Waals surface area contributed by atoms with Crippen LogP contribution in [-0.4, -0.2) is 14.7 Å². The number of rotatable bonds is 4. The number of imidazole rings is 1. The van der Waals surface area contributed by atoms with Gasteiger partial charge in [0.25, 0.3) is 0 Å². The summed E-state index contributed by atoms with van der Waals surface area (Å²) < 4.78 is 2.01. The Bertz CT molecular complexity index is 531. The maximum Gasteiger partial charge on any atom is 0.108 e. The molecule has 3 nitrogen and oxygen atoms in total. The van der Waals surface area contributed by atoms with Gasteiger partial charge in [-0.2, -0.15) is 0 Å². The quantitative estimate of drug-likeness (QED) is 0.898. The minimum absolute atomic E-state index is 0.483. The van der Waals surface area contributed by atoms with Gasteiger partial charge < -0.3 is 9.67 Å². The molecule has 0 bridgehead atoms. The normalized spacial score (nSPS) is 12.7. The Kier molecular flexibility index (Phi) is 3.82. The molecule has 0 radical (unpaired) electrons. The zero-order valence-electron chi connectivity index (χ0n) is 11.2. The van der Waals surface area contributed by atoms with E-state index in [1.165, 1.54) is 11.1 Å². The SMILES string of the molecule is CCc1nccn1CC(O)c1ccc(C)c(C)c1. The third-order valence-electron chi connectivity index (χ3n) is 3.40. The van der Waals surface area contributed by atoms with Crippen LogP contribution in [0.25, 0.3) is 0 Å². The molecule has 0 spiro atoms. The van der Waals surface area contributed by atoms with Crippen LogP contribution in [0.15, 0.2) is 30.6 Å². The molecule has 0 fully saturated rings. The van der Waals surface area contributed by atoms with Crippen LogP contribution in [0.1, 0.15) is 35.5 Å². The van der Waals surface area contributed by atoms with E-state index in [1.54, 1.807) is 6.20 Å². The Morgan fingerprint density at radius 1 is 1.28 bits per heavy atom. The average molecular weight is 244 g/mol. The number of aliphatic hydroxyl groups excluding tert-OH is 1. The predicted octanol–water partition coefficient (Wildman–Crippen LogP) is 2.80. The highest BCUT2D eigenvalue weighted by molar-refractivity contribution is 5.31. The second-order valence-corrected chi connectivity index (χ2v) is 4.71. The van der Waals surface area contributed by atoms with Gasteiger partial charge >= 0.3 is 0 Å². The summed E-state index contributed by atoms with van der Waals surface area (Å²) in [5.41, 5.74) is 3.43. The molecule has 96 valence electrons. The van der Waals surface area contributed by atoms with Crippen molar-refractivity contribution in [3.05, 3.63) is 53.1 Å². The zero-order chi connectivity index (χ0) is 13.1. The molecule has 0 aliphatic rings. The standard InChI is InChI=1S/C15H20N2O/c1-4-15-16-7-8-17(15)10-14(18)13-6-5-11(2)12(3)9-13/h5-9,14,18H,4,10H2,1-3H3. The van der Waals surface area contributed by atoms with Gasteiger partial charge in [-0.1, -0.05) is 25.1 Å². The Balaban J connectivity index is 2.16. The van der Waals surface area contributed by atoms with Crippen LogP contribution < -0.4 is 0 Å². The summed E-state index contributed by atoms with van der Waals surface area (Å²) in [7, 11) is 0. The van der Waals surface area contributed by atoms with Crippen molar-refractivity contribution in [1.29, 1.82) is 0 Å². The zero-order valence-corrected chi connectivity index (χ0v) is 11.2. The van der Waals surface area contributed by atoms with E-state index in [4.69, 9.17) is 0 Å². The smallest absolute Gasteiger partial charge is 0.108 e. The Labute approximate surface area is 108 Å². The maximum atomic E-state index is 10.3. The van der Waals surface area contributed by atoms with E-state index in [0.29, 0.717) is 6.54 Å². The number of hydrogen-bond donors (Lipinski definition) is 1. The van der Waals surface area contributed by atoms with Crippen LogP contribution in [0.4, 0.5) is 0 Å². The van der Waals surface area contributed by atoms with E-state index >= 15 is 0 Å². The molecule has 2 rings (SSSR count). The fourth-order valence-corrected chi connectivity index (χ4v) is 2.08. The molecule has 1 atom stereocenters. The highest BCUT2D eigenvalue weighted by atomic mass is 16.3. The summed E-state index contributed by atoms with van der Waals surface area (Å²) in [6.45, 7) is 6.78. The lowest BCUT2D eigenvalue weighted by Crippen LogP contribution is -2.11. The van der Waals surface area contributed by atoms with Crippen molar-refractivity contribution < 1.29 is 5.11 Å². The molecule has 1 unspecified atom stereocenters. The molecule has 18 heavy (non-hydrogen) atoms. The fraction of sp³-hybridized carbons (Fsp3) is 0.400. The minimum atomic E-state index is -0.483. The lowest BCUT2D eigenvalue weighted by Gasteiger charge is -2.15. The van der Waals surface area contributed by atoms with Gasteiger partial charge in [0.05, 0.1) is 12.6 Å². The third kappa shape index (κ3) is 2.62. The molecule has 0 saturated carbocycles. The predicted molar refractivity (Wildman–Crippen MR) is 72.5 cm³/mol. The van der Waals surface area contributed by atoms with Gasteiger partial charge in [0.15, 0.2) is 0 Å². The molecule has 0 aliphatic carbocycles. The van der Waals surface area contributed by atoms with Crippen molar-refractivity contribution in [2.24, 2.45) is 0 Å². The lowest BCUT2D eigenvalue weighted by atomic mass is 10.0. The summed E-state index contributed by atoms with van der Waals surface area (Å²) in [6.07, 6.45) is 4.10. The van der Waals surface area contributed by atoms with Crippen LogP contribution in [-0.2, 0) is 13.0 Å². The summed E-state index contributed by atoms with van der Waals surface area (Å²) in [6, 6.07) is 6.11. The van der Waals surface area contributed by atoms with Crippen LogP contribution in [0.2, 0.25) is 0 Å². The molecule has 1 heterocycles. The van der Waals surface area contributed by atoms with Gasteiger partial charge in [-0.3, -0.25) is 0 Å². The summed E-state index contributed by atoms with van der Waals surface area (Å²) in [5.74, 6) is 1.01. The molecular formula is C15H20N2O. The third-order valence-corrected chi connectivity index (χ3v) is 3.40. The molecule has 2 aromatic rings. The number of nitrogens with zero attached hydrogens (tertiary/aromatic N) is 2. The first-order valence-corrected chi connectivity index (χ1v) is 6.37. The van der Waals surface area contributed by atoms with Crippen molar-refractivity contribution in [1.82, 2.24) is 9.55 Å². The summed E-state index contributed by atoms with van der Waals surface area (Å²) in [4.78, 5) is 4.26. The molecule has 0 saturated heterocycles. The van der Waals surface area contributed by atoms with Crippen molar-refractivity contribution in [3.63, 3.8) is 0 Å². The maximum absolute atomic E-state index is 10.3. The van der Waals surface area contributed by atoms with Crippen molar-refractivity contribution >= 4 is 0 Å². The first kappa shape index (κ1) is 12.8. The number of hydrogen-bond acceptors (Lipinski definition) is 2. The Morgan fingerprint density at radius 3 is 2.72 bits per heavy atom. The number of aliphatic hydroxyl groups is 1. The highest BCUT2D eigenvalue weighted by Crippen LogP contribution is 2.19. The fourth-order valence-electron chi connectivity index (χ4n) is 2.08. The molecule has 0 amide bonds. The van der Waals surface area contributed by atoms with Crippen molar-refractivity contribution in [3.8, 4) is 0 Å². The summed E-state index contributed by atoms with van der Waals surface area (Å²) in [5, 5.41) is 10.3. The Morgan fingerprint density at radius 2 is 2.06 bits per heavy atom. The van der Waals surface area contributed by atoms with Crippen molar-refractivity contribution in [2.75, 3.05) is 0 Å². The number of benzene rings is 1. The van der Waals surface area contributed by atoms with Gasteiger partial charge in [-0.25, -0.2) is 4.98 Å². The second kappa shape index (κ2) is 5.36. The van der Waals surface area contributed by atoms with Gasteiger partial charge in [-0.15, -0.1) is 0 Å². The van der Waals surface area contributed by atoms with Gasteiger partial charge in [0.1, 0.15) is 5.82 Å². The van der Waals surface area contributed by atoms with Crippen molar-refractivity contribution in [2.45, 2.75) is 39.8 Å². The summed E-state index contributed by atoms with van der Waals surface area (Å²) >= 11 is 0. The average Bonchev–Trinajstić information content (AvgIpc) is 2.79. The minimum Gasteiger partial charge on any atom is -0.387 e. The van der Waals surface area contributed by atoms with E-state index in [1.807, 2.05) is 16.8 Å². The lowest BCUT2D eigenvalue weighted by molar-refractivity contribution is 0.155. The second-order valence-electron chi connectivity index (χ2n) is 4.71. The largest absolute Gasteiger partial charge is 0.387 e. The van der Waals surface area contributed by atoms with E-state index < -0.39 is 6.10 Å². The molecule has 3 heteroatoms. The van der Waals surface area contributed by atoms with Crippen LogP contribution in [0.5, 0.6) is 0 Å². The van der Waals surface area contributed by atoms with Gasteiger partial charge in [-0.05, 0) is 30.5 Å². The molecule has 0 aliphatic heterocycles. The van der Waals surface area contributed by atoms with Gasteiger partial charge in [0.2, 0.25) is 0 Å². The van der Waals surface area contributed by atoms with E-state index in [-0.39, 0.29) is 0 Å². The molecule has 1 aromatic heterocycles. The molecule has 1 aromatic carbocycles. The number of aromatic nitrogens is 2. The molecular weight excluding hydrogens is 224 g/mol. The first-order chi connectivity index (χ1) is 8.61. The molecule has 1 N–H and O–H groups in total. The topological polar surface area (TPSA) is 38.0 Å². The van der Waals surface area contributed by atoms with Gasteiger partial charge in [0, 0.05) is 18.8 Å². The first-order valence-electron chi connectivity index (χ1n) is 6.37. The van der Waals surface area contributed by atoms with Crippen LogP contribution >= 0.6 is 0 Å². The monoisotopic (exact) mass is 244 g/mol. The Hall–Kier alpha value is -1.61. The number of aryl methyl sites for hydroxylation is 3. The van der Waals surface area contributed by atoms with Crippen LogP contribution in [0, 0.1) is 13.8 Å².